The van der Waals surface area contributed by atoms with Gasteiger partial charge in [0.1, 0.15) is 23.6 Å². The Kier molecular flexibility index (Phi) is 11.6. The van der Waals surface area contributed by atoms with Gasteiger partial charge in [0, 0.05) is 25.2 Å². The van der Waals surface area contributed by atoms with Crippen LogP contribution in [0.4, 0.5) is 24.8 Å². The summed E-state index contributed by atoms with van der Waals surface area (Å²) in [6.45, 7) is 13.6. The van der Waals surface area contributed by atoms with Crippen molar-refractivity contribution >= 4 is 23.6 Å². The predicted octanol–water partition coefficient (Wildman–Crippen LogP) is 7.67. The highest BCUT2D eigenvalue weighted by Gasteiger charge is 2.37. The van der Waals surface area contributed by atoms with Gasteiger partial charge in [0.05, 0.1) is 29.4 Å². The van der Waals surface area contributed by atoms with Gasteiger partial charge in [0.15, 0.2) is 0 Å². The van der Waals surface area contributed by atoms with Crippen LogP contribution in [0.15, 0.2) is 60.8 Å². The Bertz CT molecular complexity index is 1450. The van der Waals surface area contributed by atoms with E-state index in [-0.39, 0.29) is 12.4 Å². The summed E-state index contributed by atoms with van der Waals surface area (Å²) in [5, 5.41) is 18.1. The molecule has 1 aliphatic carbocycles. The van der Waals surface area contributed by atoms with Gasteiger partial charge in [-0.25, -0.2) is 9.67 Å². The van der Waals surface area contributed by atoms with Crippen molar-refractivity contribution in [1.82, 2.24) is 20.1 Å². The number of rotatable bonds is 10. The topological polar surface area (TPSA) is 83.3 Å². The zero-order valence-corrected chi connectivity index (χ0v) is 26.5. The Balaban J connectivity index is 0.000000572. The summed E-state index contributed by atoms with van der Waals surface area (Å²) in [5.41, 5.74) is 3.77. The Morgan fingerprint density at radius 1 is 1.18 bits per heavy atom. The lowest BCUT2D eigenvalue weighted by atomic mass is 9.92. The largest absolute Gasteiger partial charge is 0.419 e. The van der Waals surface area contributed by atoms with Gasteiger partial charge in [0.25, 0.3) is 0 Å². The molecular weight excluding hydrogens is 567 g/mol. The van der Waals surface area contributed by atoms with Crippen LogP contribution in [-0.4, -0.2) is 39.8 Å². The first-order valence-electron chi connectivity index (χ1n) is 14.9. The van der Waals surface area contributed by atoms with Crippen LogP contribution in [0.2, 0.25) is 0 Å². The van der Waals surface area contributed by atoms with Crippen LogP contribution < -0.4 is 10.2 Å². The number of benzene rings is 1. The molecule has 0 saturated heterocycles. The highest BCUT2D eigenvalue weighted by molar-refractivity contribution is 5.71. The van der Waals surface area contributed by atoms with E-state index >= 15 is 0 Å². The molecule has 1 aliphatic rings. The fourth-order valence-electron chi connectivity index (χ4n) is 4.92. The molecule has 2 heterocycles. The van der Waals surface area contributed by atoms with E-state index in [0.29, 0.717) is 29.2 Å². The summed E-state index contributed by atoms with van der Waals surface area (Å²) >= 11 is 0. The molecule has 0 spiro atoms. The van der Waals surface area contributed by atoms with Crippen LogP contribution in [0.25, 0.3) is 5.70 Å². The molecule has 0 radical (unpaired) electrons. The van der Waals surface area contributed by atoms with Crippen molar-refractivity contribution in [3.05, 3.63) is 88.8 Å². The summed E-state index contributed by atoms with van der Waals surface area (Å²) < 4.78 is 42.9. The number of aromatic nitrogens is 3. The number of pyridine rings is 1. The van der Waals surface area contributed by atoms with Crippen molar-refractivity contribution in [2.45, 2.75) is 84.5 Å². The van der Waals surface area contributed by atoms with Crippen LogP contribution in [0.1, 0.15) is 87.4 Å². The Labute approximate surface area is 258 Å². The van der Waals surface area contributed by atoms with Crippen LogP contribution in [0.3, 0.4) is 0 Å². The lowest BCUT2D eigenvalue weighted by Crippen LogP contribution is -2.29. The van der Waals surface area contributed by atoms with E-state index in [0.717, 1.165) is 24.3 Å². The van der Waals surface area contributed by atoms with Gasteiger partial charge < -0.3 is 20.1 Å². The smallest absolute Gasteiger partial charge is 0.394 e. The summed E-state index contributed by atoms with van der Waals surface area (Å²) in [7, 11) is 1.55. The molecule has 1 fully saturated rings. The maximum Gasteiger partial charge on any atom is 0.419 e. The van der Waals surface area contributed by atoms with E-state index in [1.54, 1.807) is 18.7 Å². The number of hydrogen-bond acceptors (Lipinski definition) is 6. The first-order valence-corrected chi connectivity index (χ1v) is 14.9. The molecule has 2 N–H and O–H groups in total. The Morgan fingerprint density at radius 2 is 1.84 bits per heavy atom. The number of aldehydes is 1. The molecule has 1 aromatic carbocycles. The number of anilines is 2. The number of carbonyl (C=O) groups excluding carboxylic acids is 1. The summed E-state index contributed by atoms with van der Waals surface area (Å²) in [6, 6.07) is 9.81. The van der Waals surface area contributed by atoms with Crippen molar-refractivity contribution in [1.29, 1.82) is 0 Å². The molecular formula is C34H44F3N5O2. The molecule has 3 aromatic rings. The van der Waals surface area contributed by atoms with Crippen molar-refractivity contribution in [2.24, 2.45) is 0 Å². The highest BCUT2D eigenvalue weighted by Crippen LogP contribution is 2.40. The fraction of sp³-hybridized carbons (Fsp3) is 0.441. The third-order valence-corrected chi connectivity index (χ3v) is 7.56. The second-order valence-corrected chi connectivity index (χ2v) is 11.9. The number of aliphatic hydroxyl groups excluding tert-OH is 1. The summed E-state index contributed by atoms with van der Waals surface area (Å²) in [5.74, 6) is 0.255. The SMILES string of the molecule is C=C(NC(CO)c1ccc(CC)cc1)c1nn(C(C)(C)C)c(N(C)c2ncccc2C(F)(F)F)c1C.O=CCC=C1CCC1. The second kappa shape index (κ2) is 14.7. The van der Waals surface area contributed by atoms with E-state index in [1.807, 2.05) is 51.1 Å². The molecule has 44 heavy (non-hydrogen) atoms. The average Bonchev–Trinajstić information content (AvgIpc) is 3.32. The van der Waals surface area contributed by atoms with Crippen LogP contribution in [0.5, 0.6) is 0 Å². The number of carbonyl (C=O) groups is 1. The van der Waals surface area contributed by atoms with Crippen LogP contribution >= 0.6 is 0 Å². The first-order chi connectivity index (χ1) is 20.7. The van der Waals surface area contributed by atoms with E-state index in [9.17, 15) is 23.1 Å². The Hall–Kier alpha value is -3.92. The molecule has 0 amide bonds. The maximum absolute atomic E-state index is 13.7. The van der Waals surface area contributed by atoms with Gasteiger partial charge in [-0.3, -0.25) is 0 Å². The normalized spacial score (nSPS) is 13.7. The zero-order valence-electron chi connectivity index (χ0n) is 26.5. The van der Waals surface area contributed by atoms with Gasteiger partial charge in [-0.15, -0.1) is 0 Å². The predicted molar refractivity (Wildman–Crippen MR) is 170 cm³/mol. The molecule has 0 aliphatic heterocycles. The number of nitrogens with one attached hydrogen (secondary N) is 1. The van der Waals surface area contributed by atoms with E-state index in [2.05, 4.69) is 23.8 Å². The van der Waals surface area contributed by atoms with E-state index in [1.165, 1.54) is 47.6 Å². The van der Waals surface area contributed by atoms with Gasteiger partial charge in [0.2, 0.25) is 0 Å². The molecule has 1 saturated carbocycles. The van der Waals surface area contributed by atoms with E-state index in [4.69, 9.17) is 5.10 Å². The molecule has 7 nitrogen and oxygen atoms in total. The number of alkyl halides is 3. The van der Waals surface area contributed by atoms with E-state index < -0.39 is 23.3 Å². The van der Waals surface area contributed by atoms with Crippen LogP contribution in [0, 0.1) is 6.92 Å². The van der Waals surface area contributed by atoms with Gasteiger partial charge >= 0.3 is 6.18 Å². The number of aryl methyl sites for hydroxylation is 1. The number of aliphatic hydroxyl groups is 1. The zero-order chi connectivity index (χ0) is 32.7. The summed E-state index contributed by atoms with van der Waals surface area (Å²) in [4.78, 5) is 15.3. The lowest BCUT2D eigenvalue weighted by Gasteiger charge is -2.29. The molecule has 2 aromatic heterocycles. The van der Waals surface area contributed by atoms with Crippen molar-refractivity contribution in [3.63, 3.8) is 0 Å². The summed E-state index contributed by atoms with van der Waals surface area (Å²) in [6.07, 6.45) is 5.08. The van der Waals surface area contributed by atoms with Gasteiger partial charge in [-0.1, -0.05) is 49.4 Å². The minimum atomic E-state index is -4.56. The molecule has 0 bridgehead atoms. The number of allylic oxidation sites excluding steroid dienone is 2. The molecule has 10 heteroatoms. The molecule has 238 valence electrons. The maximum atomic E-state index is 13.7. The van der Waals surface area contributed by atoms with Crippen molar-refractivity contribution < 1.29 is 23.1 Å². The minimum absolute atomic E-state index is 0.168. The minimum Gasteiger partial charge on any atom is -0.394 e. The van der Waals surface area contributed by atoms with Crippen molar-refractivity contribution in [3.8, 4) is 0 Å². The van der Waals surface area contributed by atoms with Gasteiger partial charge in [-0.05, 0) is 76.6 Å². The fourth-order valence-corrected chi connectivity index (χ4v) is 4.92. The number of nitrogens with zero attached hydrogens (tertiary/aromatic N) is 4. The standard InChI is InChI=1S/C27H34F3N5O.C7H10O/c1-8-19-11-13-20(14-12-19)22(16-36)32-18(3)23-17(2)25(35(33-23)26(4,5)6)34(7)24-21(27(28,29)30)10-9-15-31-24;8-6-2-5-7-3-1-4-7/h9-15,22,32,36H,3,8,16H2,1-2,4-7H3;5-6H,1-4H2. The lowest BCUT2D eigenvalue weighted by molar-refractivity contribution is -0.137. The number of halogens is 3. The Morgan fingerprint density at radius 3 is 2.34 bits per heavy atom. The highest BCUT2D eigenvalue weighted by atomic mass is 19.4. The van der Waals surface area contributed by atoms with Crippen LogP contribution in [-0.2, 0) is 22.9 Å². The third kappa shape index (κ3) is 8.37. The quantitative estimate of drug-likeness (QED) is 0.181. The first kappa shape index (κ1) is 34.6. The second-order valence-electron chi connectivity index (χ2n) is 11.9. The average molecular weight is 612 g/mol. The van der Waals surface area contributed by atoms with Gasteiger partial charge in [-0.2, -0.15) is 18.3 Å². The third-order valence-electron chi connectivity index (χ3n) is 7.56. The monoisotopic (exact) mass is 611 g/mol. The molecule has 4 rings (SSSR count). The molecule has 1 atom stereocenters. The number of hydrogen-bond donors (Lipinski definition) is 2. The van der Waals surface area contributed by atoms with Crippen molar-refractivity contribution in [2.75, 3.05) is 18.6 Å². The molecule has 1 unspecified atom stereocenters.